The van der Waals surface area contributed by atoms with Gasteiger partial charge in [-0.05, 0) is 44.9 Å². The van der Waals surface area contributed by atoms with E-state index in [0.29, 0.717) is 11.8 Å². The Morgan fingerprint density at radius 1 is 0.893 bits per heavy atom. The molecule has 0 radical (unpaired) electrons. The molecule has 2 bridgehead atoms. The lowest BCUT2D eigenvalue weighted by molar-refractivity contribution is -0.162. The van der Waals surface area contributed by atoms with Crippen molar-refractivity contribution in [2.24, 2.45) is 17.8 Å². The minimum atomic E-state index is -1.39. The van der Waals surface area contributed by atoms with Crippen molar-refractivity contribution in [2.45, 2.75) is 104 Å². The molecule has 162 valence electrons. The maximum absolute atomic E-state index is 12.9. The van der Waals surface area contributed by atoms with Gasteiger partial charge in [0.15, 0.2) is 0 Å². The number of hydrogen-bond donors (Lipinski definition) is 0. The molecule has 0 heterocycles. The maximum atomic E-state index is 12.9. The number of carbonyl (C=O) groups is 1. The number of ether oxygens (including phenoxy) is 1. The molecule has 1 saturated carbocycles. The Morgan fingerprint density at radius 2 is 1.39 bits per heavy atom. The molecule has 6 heteroatoms. The van der Waals surface area contributed by atoms with E-state index in [1.54, 1.807) is 0 Å². The summed E-state index contributed by atoms with van der Waals surface area (Å²) in [4.78, 5) is 12.9. The number of fused-ring (bicyclic) bond motifs is 2. The molecule has 28 heavy (non-hydrogen) atoms. The number of allylic oxidation sites excluding steroid dienone is 2. The van der Waals surface area contributed by atoms with E-state index in [4.69, 9.17) is 4.74 Å². The number of hydrogen-bond acceptors (Lipinski definition) is 2. The van der Waals surface area contributed by atoms with Gasteiger partial charge in [-0.3, -0.25) is 4.79 Å². The van der Waals surface area contributed by atoms with E-state index >= 15 is 0 Å². The van der Waals surface area contributed by atoms with Crippen LogP contribution in [-0.4, -0.2) is 41.0 Å². The topological polar surface area (TPSA) is 26.3 Å². The smallest absolute Gasteiger partial charge is 0.310 e. The second-order valence-electron chi connectivity index (χ2n) is 13.2. The first-order chi connectivity index (χ1) is 12.4. The minimum absolute atomic E-state index is 0.0723. The van der Waals surface area contributed by atoms with Gasteiger partial charge in [-0.2, -0.15) is 0 Å². The van der Waals surface area contributed by atoms with Crippen LogP contribution in [0.15, 0.2) is 12.2 Å². The highest BCUT2D eigenvalue weighted by Crippen LogP contribution is 2.45. The van der Waals surface area contributed by atoms with Gasteiger partial charge >= 0.3 is 5.97 Å². The molecule has 2 aliphatic rings. The SMILES string of the molecule is CC(C)(CC[Si]([Si](C)(C)C)([Si](C)(C)C)[Si](C)(C)C)OC(=O)C1CC2C=CC1C2. The van der Waals surface area contributed by atoms with Crippen molar-refractivity contribution < 1.29 is 9.53 Å². The van der Waals surface area contributed by atoms with Crippen molar-refractivity contribution in [2.75, 3.05) is 0 Å². The minimum Gasteiger partial charge on any atom is -0.459 e. The summed E-state index contributed by atoms with van der Waals surface area (Å²) >= 11 is 0. The van der Waals surface area contributed by atoms with Gasteiger partial charge in [-0.25, -0.2) is 0 Å². The Kier molecular flexibility index (Phi) is 6.65. The highest BCUT2D eigenvalue weighted by molar-refractivity contribution is 7.89. The molecular weight excluding hydrogens is 409 g/mol. The van der Waals surface area contributed by atoms with Gasteiger partial charge in [0.2, 0.25) is 0 Å². The van der Waals surface area contributed by atoms with E-state index in [1.807, 2.05) is 0 Å². The summed E-state index contributed by atoms with van der Waals surface area (Å²) in [6.07, 6.45) is 7.78. The van der Waals surface area contributed by atoms with Crippen molar-refractivity contribution in [1.29, 1.82) is 0 Å². The first kappa shape index (κ1) is 24.3. The third kappa shape index (κ3) is 4.54. The number of carbonyl (C=O) groups excluding carboxylic acids is 1. The van der Waals surface area contributed by atoms with Crippen LogP contribution in [0.2, 0.25) is 65.0 Å². The Morgan fingerprint density at radius 3 is 1.75 bits per heavy atom. The van der Waals surface area contributed by atoms with E-state index < -0.39 is 29.4 Å². The summed E-state index contributed by atoms with van der Waals surface area (Å²) in [5.41, 5.74) is -0.334. The number of rotatable bonds is 8. The van der Waals surface area contributed by atoms with E-state index in [2.05, 4.69) is 84.9 Å². The van der Waals surface area contributed by atoms with Crippen LogP contribution < -0.4 is 0 Å². The molecule has 1 fully saturated rings. The maximum Gasteiger partial charge on any atom is 0.310 e. The van der Waals surface area contributed by atoms with Gasteiger partial charge in [0.25, 0.3) is 0 Å². The zero-order chi connectivity index (χ0) is 21.8. The van der Waals surface area contributed by atoms with Crippen LogP contribution >= 0.6 is 0 Å². The van der Waals surface area contributed by atoms with E-state index in [0.717, 1.165) is 19.3 Å². The average Bonchev–Trinajstić information content (AvgIpc) is 3.04. The summed E-state index contributed by atoms with van der Waals surface area (Å²) in [5, 5.41) is 0. The summed E-state index contributed by atoms with van der Waals surface area (Å²) < 4.78 is 6.20. The van der Waals surface area contributed by atoms with Gasteiger partial charge in [0.1, 0.15) is 5.60 Å². The van der Waals surface area contributed by atoms with Crippen molar-refractivity contribution in [3.8, 4) is 0 Å². The third-order valence-electron chi connectivity index (χ3n) is 7.90. The second-order valence-corrected chi connectivity index (χ2v) is 54.7. The van der Waals surface area contributed by atoms with Gasteiger partial charge in [0, 0.05) is 29.4 Å². The summed E-state index contributed by atoms with van der Waals surface area (Å²) in [7, 11) is -3.81. The molecule has 2 nitrogen and oxygen atoms in total. The molecule has 2 aliphatic carbocycles. The largest absolute Gasteiger partial charge is 0.459 e. The molecule has 0 aromatic rings. The molecule has 0 saturated heterocycles. The standard InChI is InChI=1S/C22H46O2Si4/c1-22(2,24-21(23)20-17-18-12-13-19(20)16-18)14-15-28(25(3,4)5,26(6,7)8)27(9,10)11/h12-13,18-20H,14-17H2,1-11H3. The molecule has 0 spiro atoms. The first-order valence-electron chi connectivity index (χ1n) is 11.3. The lowest BCUT2D eigenvalue weighted by atomic mass is 9.93. The van der Waals surface area contributed by atoms with Crippen molar-refractivity contribution in [1.82, 2.24) is 0 Å². The molecule has 2 rings (SSSR count). The highest BCUT2D eigenvalue weighted by atomic mass is 29.9. The molecule has 3 unspecified atom stereocenters. The molecule has 0 amide bonds. The van der Waals surface area contributed by atoms with E-state index in [-0.39, 0.29) is 17.5 Å². The fraction of sp³-hybridized carbons (Fsp3) is 0.864. The van der Waals surface area contributed by atoms with Gasteiger partial charge in [-0.1, -0.05) is 77.1 Å². The van der Waals surface area contributed by atoms with Crippen molar-refractivity contribution in [3.05, 3.63) is 12.2 Å². The fourth-order valence-electron chi connectivity index (χ4n) is 7.44. The predicted molar refractivity (Wildman–Crippen MR) is 134 cm³/mol. The zero-order valence-electron chi connectivity index (χ0n) is 20.5. The zero-order valence-corrected chi connectivity index (χ0v) is 24.5. The van der Waals surface area contributed by atoms with Gasteiger partial charge in [0.05, 0.1) is 5.92 Å². The highest BCUT2D eigenvalue weighted by Gasteiger charge is 2.61. The molecular formula is C22H46O2Si4. The van der Waals surface area contributed by atoms with Crippen molar-refractivity contribution in [3.63, 3.8) is 0 Å². The lowest BCUT2D eigenvalue weighted by Gasteiger charge is -2.58. The quantitative estimate of drug-likeness (QED) is 0.234. The van der Waals surface area contributed by atoms with Crippen LogP contribution in [0.3, 0.4) is 0 Å². The van der Waals surface area contributed by atoms with E-state index in [9.17, 15) is 4.79 Å². The predicted octanol–water partition coefficient (Wildman–Crippen LogP) is 6.61. The number of esters is 1. The van der Waals surface area contributed by atoms with Gasteiger partial charge in [-0.15, -0.1) is 0 Å². The van der Waals surface area contributed by atoms with Crippen LogP contribution in [0.1, 0.15) is 33.1 Å². The Labute approximate surface area is 178 Å². The Hall–Kier alpha value is 0.0775. The molecule has 0 aromatic heterocycles. The van der Waals surface area contributed by atoms with Crippen LogP contribution in [0.4, 0.5) is 0 Å². The second kappa shape index (κ2) is 7.64. The third-order valence-corrected chi connectivity index (χ3v) is 82.4. The molecule has 3 atom stereocenters. The Bertz CT molecular complexity index is 584. The van der Waals surface area contributed by atoms with Crippen LogP contribution in [-0.2, 0) is 9.53 Å². The van der Waals surface area contributed by atoms with Crippen LogP contribution in [0.25, 0.3) is 0 Å². The lowest BCUT2D eigenvalue weighted by Crippen LogP contribution is -2.82. The summed E-state index contributed by atoms with van der Waals surface area (Å²) in [5.74, 6) is 1.24. The van der Waals surface area contributed by atoms with E-state index in [1.165, 1.54) is 6.04 Å². The Balaban J connectivity index is 2.17. The average molecular weight is 455 g/mol. The monoisotopic (exact) mass is 454 g/mol. The summed E-state index contributed by atoms with van der Waals surface area (Å²) in [6, 6.07) is 1.37. The van der Waals surface area contributed by atoms with Crippen molar-refractivity contribution >= 4 is 35.4 Å². The first-order valence-corrected chi connectivity index (χ1v) is 27.0. The fourth-order valence-corrected chi connectivity index (χ4v) is 106. The van der Waals surface area contributed by atoms with Crippen LogP contribution in [0, 0.1) is 17.8 Å². The molecule has 0 N–H and O–H groups in total. The molecule has 0 aliphatic heterocycles. The molecule has 0 aromatic carbocycles. The normalized spacial score (nSPS) is 26.0. The van der Waals surface area contributed by atoms with Gasteiger partial charge < -0.3 is 4.74 Å². The summed E-state index contributed by atoms with van der Waals surface area (Å²) in [6.45, 7) is 26.8. The van der Waals surface area contributed by atoms with Crippen LogP contribution in [0.5, 0.6) is 0 Å².